The monoisotopic (exact) mass is 896 g/mol. The van der Waals surface area contributed by atoms with Gasteiger partial charge in [0.2, 0.25) is 0 Å². The number of nitrogens with zero attached hydrogens (tertiary/aromatic N) is 2. The molecule has 0 saturated heterocycles. The molecule has 0 atom stereocenters. The van der Waals surface area contributed by atoms with Gasteiger partial charge in [-0.2, -0.15) is 0 Å². The van der Waals surface area contributed by atoms with E-state index in [-0.39, 0.29) is 0 Å². The zero-order chi connectivity index (χ0) is 46.4. The van der Waals surface area contributed by atoms with E-state index in [9.17, 15) is 0 Å². The van der Waals surface area contributed by atoms with Crippen LogP contribution < -0.4 is 9.80 Å². The Hall–Kier alpha value is -9.38. The summed E-state index contributed by atoms with van der Waals surface area (Å²) in [5.74, 6) is 0. The maximum absolute atomic E-state index is 6.45. The van der Waals surface area contributed by atoms with Gasteiger partial charge >= 0.3 is 0 Å². The lowest BCUT2D eigenvalue weighted by molar-refractivity contribution is 0.668. The Morgan fingerprint density at radius 3 is 0.900 bits per heavy atom. The van der Waals surface area contributed by atoms with Crippen LogP contribution in [-0.2, 0) is 0 Å². The molecule has 0 radical (unpaired) electrons. The smallest absolute Gasteiger partial charge is 0.135 e. The fourth-order valence-corrected chi connectivity index (χ4v) is 10.1. The van der Waals surface area contributed by atoms with E-state index in [1.807, 2.05) is 24.3 Å². The van der Waals surface area contributed by atoms with Gasteiger partial charge < -0.3 is 18.6 Å². The van der Waals surface area contributed by atoms with Crippen LogP contribution in [0.5, 0.6) is 0 Å². The highest BCUT2D eigenvalue weighted by Gasteiger charge is 2.27. The van der Waals surface area contributed by atoms with Crippen LogP contribution in [0.4, 0.5) is 34.1 Å². The summed E-state index contributed by atoms with van der Waals surface area (Å²) >= 11 is 0. The van der Waals surface area contributed by atoms with Crippen LogP contribution in [0.3, 0.4) is 0 Å². The Kier molecular flexibility index (Phi) is 10.1. The fourth-order valence-electron chi connectivity index (χ4n) is 10.1. The number of fused-ring (bicyclic) bond motifs is 6. The van der Waals surface area contributed by atoms with Gasteiger partial charge in [-0.3, -0.25) is 0 Å². The summed E-state index contributed by atoms with van der Waals surface area (Å²) in [6.07, 6.45) is 0. The third kappa shape index (κ3) is 7.36. The van der Waals surface area contributed by atoms with Crippen LogP contribution in [0, 0.1) is 0 Å². The molecule has 4 heteroatoms. The first kappa shape index (κ1) is 40.9. The average molecular weight is 897 g/mol. The van der Waals surface area contributed by atoms with Gasteiger partial charge in [0.25, 0.3) is 0 Å². The summed E-state index contributed by atoms with van der Waals surface area (Å²) in [5.41, 5.74) is 18.5. The number of para-hydroxylation sites is 2. The number of hydrogen-bond donors (Lipinski definition) is 0. The number of hydrogen-bond acceptors (Lipinski definition) is 4. The van der Waals surface area contributed by atoms with Crippen molar-refractivity contribution in [3.8, 4) is 44.5 Å². The second kappa shape index (κ2) is 17.4. The number of rotatable bonds is 10. The van der Waals surface area contributed by atoms with Crippen molar-refractivity contribution in [2.75, 3.05) is 9.80 Å². The molecular weight excluding hydrogens is 853 g/mol. The predicted molar refractivity (Wildman–Crippen MR) is 292 cm³/mol. The largest absolute Gasteiger partial charge is 0.456 e. The minimum Gasteiger partial charge on any atom is -0.456 e. The molecule has 13 rings (SSSR count). The standard InChI is InChI=1S/C66H44N2O2/c1-5-17-45(18-6-1)47-29-33-51(34-30-47)67(53-37-39-65-59(41-53)55-25-13-15-27-63(55)69-65)61-43-57(49-21-9-3-10-22-49)58(50-23-11-4-12-24-50)44-62(61)68(52-35-31-48(32-36-52)46-19-7-2-8-20-46)54-38-40-66-60(42-54)56-26-14-16-28-64(56)70-66/h1-44H. The first-order valence-corrected chi connectivity index (χ1v) is 23.7. The molecule has 0 unspecified atom stereocenters. The summed E-state index contributed by atoms with van der Waals surface area (Å²) in [7, 11) is 0. The zero-order valence-electron chi connectivity index (χ0n) is 38.1. The van der Waals surface area contributed by atoms with Crippen molar-refractivity contribution in [3.63, 3.8) is 0 Å². The van der Waals surface area contributed by atoms with Gasteiger partial charge in [0.15, 0.2) is 0 Å². The number of benzene rings is 11. The van der Waals surface area contributed by atoms with Crippen LogP contribution >= 0.6 is 0 Å². The average Bonchev–Trinajstić information content (AvgIpc) is 4.00. The van der Waals surface area contributed by atoms with Crippen molar-refractivity contribution in [3.05, 3.63) is 267 Å². The van der Waals surface area contributed by atoms with E-state index in [2.05, 4.69) is 252 Å². The van der Waals surface area contributed by atoms with Crippen molar-refractivity contribution >= 4 is 78.0 Å². The van der Waals surface area contributed by atoms with Crippen molar-refractivity contribution in [1.82, 2.24) is 0 Å². The molecule has 0 bridgehead atoms. The zero-order valence-corrected chi connectivity index (χ0v) is 38.1. The van der Waals surface area contributed by atoms with Crippen LogP contribution in [-0.4, -0.2) is 0 Å². The third-order valence-corrected chi connectivity index (χ3v) is 13.5. The van der Waals surface area contributed by atoms with E-state index in [4.69, 9.17) is 8.83 Å². The van der Waals surface area contributed by atoms with E-state index in [1.54, 1.807) is 0 Å². The topological polar surface area (TPSA) is 32.8 Å². The molecule has 0 aliphatic heterocycles. The maximum Gasteiger partial charge on any atom is 0.135 e. The number of anilines is 6. The molecule has 0 aliphatic carbocycles. The highest BCUT2D eigenvalue weighted by atomic mass is 16.3. The van der Waals surface area contributed by atoms with E-state index in [1.165, 1.54) is 11.1 Å². The van der Waals surface area contributed by atoms with E-state index < -0.39 is 0 Å². The van der Waals surface area contributed by atoms with Gasteiger partial charge in [-0.1, -0.05) is 182 Å². The molecule has 0 fully saturated rings. The maximum atomic E-state index is 6.45. The molecule has 0 amide bonds. The Bertz CT molecular complexity index is 3710. The summed E-state index contributed by atoms with van der Waals surface area (Å²) < 4.78 is 12.9. The summed E-state index contributed by atoms with van der Waals surface area (Å²) in [5, 5.41) is 4.25. The molecular formula is C66H44N2O2. The summed E-state index contributed by atoms with van der Waals surface area (Å²) in [6, 6.07) is 95.2. The van der Waals surface area contributed by atoms with Gasteiger partial charge in [0.1, 0.15) is 22.3 Å². The lowest BCUT2D eigenvalue weighted by Gasteiger charge is -2.34. The molecule has 330 valence electrons. The first-order valence-electron chi connectivity index (χ1n) is 23.7. The highest BCUT2D eigenvalue weighted by Crippen LogP contribution is 2.51. The quantitative estimate of drug-likeness (QED) is 0.137. The predicted octanol–water partition coefficient (Wildman–Crippen LogP) is 19.1. The molecule has 70 heavy (non-hydrogen) atoms. The van der Waals surface area contributed by atoms with Gasteiger partial charge in [-0.15, -0.1) is 0 Å². The van der Waals surface area contributed by atoms with Crippen molar-refractivity contribution in [2.24, 2.45) is 0 Å². The Morgan fingerprint density at radius 1 is 0.214 bits per heavy atom. The van der Waals surface area contributed by atoms with Gasteiger partial charge in [0, 0.05) is 44.3 Å². The first-order chi connectivity index (χ1) is 34.7. The van der Waals surface area contributed by atoms with Gasteiger partial charge in [-0.25, -0.2) is 0 Å². The lowest BCUT2D eigenvalue weighted by atomic mass is 9.92. The molecule has 0 spiro atoms. The van der Waals surface area contributed by atoms with Gasteiger partial charge in [0.05, 0.1) is 11.4 Å². The molecule has 0 saturated carbocycles. The summed E-state index contributed by atoms with van der Waals surface area (Å²) in [6.45, 7) is 0. The van der Waals surface area contributed by atoms with E-state index in [0.29, 0.717) is 0 Å². The highest BCUT2D eigenvalue weighted by molar-refractivity contribution is 6.09. The molecule has 2 heterocycles. The molecule has 11 aromatic carbocycles. The van der Waals surface area contributed by atoms with Gasteiger partial charge in [-0.05, 0) is 129 Å². The number of furan rings is 2. The van der Waals surface area contributed by atoms with Crippen LogP contribution in [0.2, 0.25) is 0 Å². The molecule has 0 aliphatic rings. The summed E-state index contributed by atoms with van der Waals surface area (Å²) in [4.78, 5) is 4.84. The van der Waals surface area contributed by atoms with Crippen LogP contribution in [0.25, 0.3) is 88.4 Å². The van der Waals surface area contributed by atoms with Crippen molar-refractivity contribution in [2.45, 2.75) is 0 Å². The SMILES string of the molecule is c1ccc(-c2ccc(N(c3ccc4oc5ccccc5c4c3)c3cc(-c4ccccc4)c(-c4ccccc4)cc3N(c3ccc(-c4ccccc4)cc3)c3ccc4oc5ccccc5c4c3)cc2)cc1. The minimum atomic E-state index is 0.842. The Labute approximate surface area is 406 Å². The second-order valence-electron chi connectivity index (χ2n) is 17.7. The molecule has 4 nitrogen and oxygen atoms in total. The van der Waals surface area contributed by atoms with Crippen molar-refractivity contribution in [1.29, 1.82) is 0 Å². The Morgan fingerprint density at radius 2 is 0.514 bits per heavy atom. The van der Waals surface area contributed by atoms with Crippen molar-refractivity contribution < 1.29 is 8.83 Å². The fraction of sp³-hybridized carbons (Fsp3) is 0. The molecule has 0 N–H and O–H groups in total. The normalized spacial score (nSPS) is 11.4. The molecule has 13 aromatic rings. The Balaban J connectivity index is 1.13. The minimum absolute atomic E-state index is 0.842. The molecule has 2 aromatic heterocycles. The van der Waals surface area contributed by atoms with Crippen LogP contribution in [0.15, 0.2) is 276 Å². The van der Waals surface area contributed by atoms with Crippen LogP contribution in [0.1, 0.15) is 0 Å². The van der Waals surface area contributed by atoms with E-state index >= 15 is 0 Å². The lowest BCUT2D eigenvalue weighted by Crippen LogP contribution is -2.17. The second-order valence-corrected chi connectivity index (χ2v) is 17.7. The van der Waals surface area contributed by atoms with E-state index in [0.717, 1.165) is 111 Å². The third-order valence-electron chi connectivity index (χ3n) is 13.5.